The molecule has 0 bridgehead atoms. The van der Waals surface area contributed by atoms with Crippen LogP contribution >= 0.6 is 11.6 Å². The van der Waals surface area contributed by atoms with Gasteiger partial charge in [0, 0.05) is 0 Å². The first-order valence-electron chi connectivity index (χ1n) is 4.79. The van der Waals surface area contributed by atoms with Gasteiger partial charge in [-0.25, -0.2) is 0 Å². The largest absolute Gasteiger partial charge is 0.497 e. The Kier molecular flexibility index (Phi) is 3.05. The van der Waals surface area contributed by atoms with Crippen LogP contribution in [0.15, 0.2) is 24.3 Å². The van der Waals surface area contributed by atoms with Crippen molar-refractivity contribution in [1.29, 1.82) is 0 Å². The van der Waals surface area contributed by atoms with Crippen LogP contribution in [0.25, 0.3) is 5.69 Å². The minimum absolute atomic E-state index is 0.239. The minimum Gasteiger partial charge on any atom is -0.497 e. The van der Waals surface area contributed by atoms with Crippen LogP contribution in [-0.2, 0) is 0 Å². The first-order valence-corrected chi connectivity index (χ1v) is 5.23. The van der Waals surface area contributed by atoms with E-state index < -0.39 is 0 Å². The molecule has 1 atom stereocenters. The lowest BCUT2D eigenvalue weighted by atomic mass is 10.3. The van der Waals surface area contributed by atoms with Crippen molar-refractivity contribution in [3.05, 3.63) is 30.1 Å². The third-order valence-corrected chi connectivity index (χ3v) is 2.36. The van der Waals surface area contributed by atoms with E-state index in [9.17, 15) is 0 Å². The number of hydrogen-bond donors (Lipinski definition) is 0. The molecule has 1 aromatic heterocycles. The number of alkyl halides is 1. The molecule has 0 saturated heterocycles. The predicted octanol–water partition coefficient (Wildman–Crippen LogP) is 1.97. The van der Waals surface area contributed by atoms with E-state index in [4.69, 9.17) is 16.3 Å². The summed E-state index contributed by atoms with van der Waals surface area (Å²) in [6.45, 7) is 1.83. The fourth-order valence-corrected chi connectivity index (χ4v) is 1.49. The molecule has 6 heteroatoms. The first-order chi connectivity index (χ1) is 7.72. The molecule has 0 saturated carbocycles. The van der Waals surface area contributed by atoms with Crippen LogP contribution in [0.1, 0.15) is 18.1 Å². The number of aromatic nitrogens is 4. The Balaban J connectivity index is 2.38. The zero-order chi connectivity index (χ0) is 11.5. The first kappa shape index (κ1) is 10.9. The number of halogens is 1. The Morgan fingerprint density at radius 2 is 2.00 bits per heavy atom. The fourth-order valence-electron chi connectivity index (χ4n) is 1.35. The number of ether oxygens (including phenoxy) is 1. The highest BCUT2D eigenvalue weighted by Gasteiger charge is 2.12. The lowest BCUT2D eigenvalue weighted by molar-refractivity contribution is 0.414. The Labute approximate surface area is 98.0 Å². The molecule has 84 valence electrons. The van der Waals surface area contributed by atoms with E-state index in [-0.39, 0.29) is 5.38 Å². The molecule has 0 fully saturated rings. The normalized spacial score (nSPS) is 12.4. The molecule has 1 heterocycles. The third kappa shape index (κ3) is 1.99. The summed E-state index contributed by atoms with van der Waals surface area (Å²) >= 11 is 5.97. The maximum atomic E-state index is 5.97. The van der Waals surface area contributed by atoms with Crippen LogP contribution in [0.5, 0.6) is 5.75 Å². The number of benzene rings is 1. The lowest BCUT2D eigenvalue weighted by Crippen LogP contribution is -2.03. The Bertz CT molecular complexity index is 466. The van der Waals surface area contributed by atoms with Gasteiger partial charge in [0.05, 0.1) is 18.2 Å². The summed E-state index contributed by atoms with van der Waals surface area (Å²) in [7, 11) is 1.62. The number of tetrazole rings is 1. The zero-order valence-electron chi connectivity index (χ0n) is 8.96. The summed E-state index contributed by atoms with van der Waals surface area (Å²) in [5, 5.41) is 11.1. The van der Waals surface area contributed by atoms with Crippen LogP contribution in [0.3, 0.4) is 0 Å². The third-order valence-electron chi connectivity index (χ3n) is 2.17. The van der Waals surface area contributed by atoms with Crippen molar-refractivity contribution in [2.24, 2.45) is 0 Å². The Morgan fingerprint density at radius 1 is 1.31 bits per heavy atom. The van der Waals surface area contributed by atoms with E-state index in [0.717, 1.165) is 11.4 Å². The zero-order valence-corrected chi connectivity index (χ0v) is 9.72. The average Bonchev–Trinajstić information content (AvgIpc) is 2.78. The number of hydrogen-bond acceptors (Lipinski definition) is 4. The second-order valence-corrected chi connectivity index (χ2v) is 3.92. The van der Waals surface area contributed by atoms with E-state index in [1.807, 2.05) is 31.2 Å². The van der Waals surface area contributed by atoms with E-state index >= 15 is 0 Å². The predicted molar refractivity (Wildman–Crippen MR) is 60.0 cm³/mol. The van der Waals surface area contributed by atoms with E-state index in [0.29, 0.717) is 5.82 Å². The van der Waals surface area contributed by atoms with Gasteiger partial charge in [-0.3, -0.25) is 0 Å². The van der Waals surface area contributed by atoms with Crippen molar-refractivity contribution in [3.8, 4) is 11.4 Å². The van der Waals surface area contributed by atoms with Crippen molar-refractivity contribution >= 4 is 11.6 Å². The molecule has 1 unspecified atom stereocenters. The van der Waals surface area contributed by atoms with Gasteiger partial charge < -0.3 is 4.74 Å². The number of rotatable bonds is 3. The molecular formula is C10H11ClN4O. The highest BCUT2D eigenvalue weighted by Crippen LogP contribution is 2.20. The van der Waals surface area contributed by atoms with Crippen molar-refractivity contribution in [2.45, 2.75) is 12.3 Å². The maximum Gasteiger partial charge on any atom is 0.174 e. The molecule has 0 aliphatic rings. The molecular weight excluding hydrogens is 228 g/mol. The van der Waals surface area contributed by atoms with Crippen molar-refractivity contribution in [1.82, 2.24) is 20.2 Å². The molecule has 5 nitrogen and oxygen atoms in total. The molecule has 0 radical (unpaired) electrons. The SMILES string of the molecule is COc1ccc(-n2nnnc2C(C)Cl)cc1. The molecule has 0 spiro atoms. The van der Waals surface area contributed by atoms with Crippen LogP contribution in [0.4, 0.5) is 0 Å². The maximum absolute atomic E-state index is 5.97. The van der Waals surface area contributed by atoms with Crippen LogP contribution in [0, 0.1) is 0 Å². The van der Waals surface area contributed by atoms with E-state index in [1.54, 1.807) is 11.8 Å². The molecule has 16 heavy (non-hydrogen) atoms. The van der Waals surface area contributed by atoms with Gasteiger partial charge in [0.2, 0.25) is 0 Å². The molecule has 0 aliphatic carbocycles. The number of nitrogens with zero attached hydrogens (tertiary/aromatic N) is 4. The Hall–Kier alpha value is -1.62. The standard InChI is InChI=1S/C10H11ClN4O/c1-7(11)10-12-13-14-15(10)8-3-5-9(16-2)6-4-8/h3-7H,1-2H3. The second-order valence-electron chi connectivity index (χ2n) is 3.26. The molecule has 0 amide bonds. The molecule has 1 aromatic carbocycles. The lowest BCUT2D eigenvalue weighted by Gasteiger charge is -2.06. The number of methoxy groups -OCH3 is 1. The van der Waals surface area contributed by atoms with Crippen molar-refractivity contribution in [3.63, 3.8) is 0 Å². The summed E-state index contributed by atoms with van der Waals surface area (Å²) in [4.78, 5) is 0. The fraction of sp³-hybridized carbons (Fsp3) is 0.300. The van der Waals surface area contributed by atoms with Gasteiger partial charge in [-0.2, -0.15) is 4.68 Å². The molecule has 2 aromatic rings. The van der Waals surface area contributed by atoms with Gasteiger partial charge in [0.1, 0.15) is 5.75 Å². The van der Waals surface area contributed by atoms with E-state index in [1.165, 1.54) is 0 Å². The minimum atomic E-state index is -0.239. The summed E-state index contributed by atoms with van der Waals surface area (Å²) in [5.41, 5.74) is 0.855. The molecule has 0 aliphatic heterocycles. The van der Waals surface area contributed by atoms with Crippen molar-refractivity contribution < 1.29 is 4.74 Å². The molecule has 0 N–H and O–H groups in total. The van der Waals surface area contributed by atoms with Gasteiger partial charge in [0.25, 0.3) is 0 Å². The highest BCUT2D eigenvalue weighted by molar-refractivity contribution is 6.20. The summed E-state index contributed by atoms with van der Waals surface area (Å²) in [6.07, 6.45) is 0. The topological polar surface area (TPSA) is 52.8 Å². The summed E-state index contributed by atoms with van der Waals surface area (Å²) < 4.78 is 6.69. The van der Waals surface area contributed by atoms with Gasteiger partial charge >= 0.3 is 0 Å². The van der Waals surface area contributed by atoms with Crippen LogP contribution in [0.2, 0.25) is 0 Å². The smallest absolute Gasteiger partial charge is 0.174 e. The summed E-state index contributed by atoms with van der Waals surface area (Å²) in [6, 6.07) is 7.44. The molecule has 2 rings (SSSR count). The van der Waals surface area contributed by atoms with Crippen LogP contribution in [-0.4, -0.2) is 27.3 Å². The van der Waals surface area contributed by atoms with E-state index in [2.05, 4.69) is 15.5 Å². The quantitative estimate of drug-likeness (QED) is 0.768. The summed E-state index contributed by atoms with van der Waals surface area (Å²) in [5.74, 6) is 1.41. The monoisotopic (exact) mass is 238 g/mol. The van der Waals surface area contributed by atoms with Gasteiger partial charge in [-0.05, 0) is 41.6 Å². The Morgan fingerprint density at radius 3 is 2.56 bits per heavy atom. The average molecular weight is 239 g/mol. The van der Waals surface area contributed by atoms with Crippen LogP contribution < -0.4 is 4.74 Å². The highest BCUT2D eigenvalue weighted by atomic mass is 35.5. The second kappa shape index (κ2) is 4.49. The van der Waals surface area contributed by atoms with Gasteiger partial charge in [-0.15, -0.1) is 16.7 Å². The van der Waals surface area contributed by atoms with Crippen molar-refractivity contribution in [2.75, 3.05) is 7.11 Å². The van der Waals surface area contributed by atoms with Gasteiger partial charge in [0.15, 0.2) is 5.82 Å². The van der Waals surface area contributed by atoms with Gasteiger partial charge in [-0.1, -0.05) is 0 Å².